The summed E-state index contributed by atoms with van der Waals surface area (Å²) in [6.07, 6.45) is 0. The van der Waals surface area contributed by atoms with Gasteiger partial charge < -0.3 is 15.4 Å². The SMILES string of the molecule is CC(C)N(C)S(=O)(=O)c1ccc(NC(=O)NCc2ccc(OC(F)F)cc2)cc1. The summed E-state index contributed by atoms with van der Waals surface area (Å²) in [5.41, 5.74) is 1.12. The maximum atomic E-state index is 12.4. The Hall–Kier alpha value is -2.72. The second-order valence-corrected chi connectivity index (χ2v) is 8.47. The van der Waals surface area contributed by atoms with Crippen LogP contribution < -0.4 is 15.4 Å². The van der Waals surface area contributed by atoms with Gasteiger partial charge in [0.2, 0.25) is 10.0 Å². The first-order chi connectivity index (χ1) is 13.6. The summed E-state index contributed by atoms with van der Waals surface area (Å²) < 4.78 is 54.6. The van der Waals surface area contributed by atoms with E-state index in [1.807, 2.05) is 0 Å². The highest BCUT2D eigenvalue weighted by molar-refractivity contribution is 7.89. The molecule has 0 atom stereocenters. The van der Waals surface area contributed by atoms with Gasteiger partial charge in [-0.15, -0.1) is 0 Å². The Kier molecular flexibility index (Phi) is 7.52. The quantitative estimate of drug-likeness (QED) is 0.673. The fourth-order valence-electron chi connectivity index (χ4n) is 2.30. The molecule has 0 aliphatic rings. The van der Waals surface area contributed by atoms with Crippen molar-refractivity contribution in [2.75, 3.05) is 12.4 Å². The predicted octanol–water partition coefficient (Wildman–Crippen LogP) is 3.64. The molecule has 0 saturated heterocycles. The molecule has 2 aromatic rings. The molecule has 29 heavy (non-hydrogen) atoms. The predicted molar refractivity (Wildman–Crippen MR) is 105 cm³/mol. The number of benzene rings is 2. The van der Waals surface area contributed by atoms with Gasteiger partial charge in [-0.25, -0.2) is 13.2 Å². The number of nitrogens with one attached hydrogen (secondary N) is 2. The van der Waals surface area contributed by atoms with E-state index in [0.29, 0.717) is 11.3 Å². The van der Waals surface area contributed by atoms with Gasteiger partial charge in [-0.3, -0.25) is 0 Å². The second kappa shape index (κ2) is 9.66. The fraction of sp³-hybridized carbons (Fsp3) is 0.316. The van der Waals surface area contributed by atoms with Crippen LogP contribution in [0.15, 0.2) is 53.4 Å². The number of nitrogens with zero attached hydrogens (tertiary/aromatic N) is 1. The van der Waals surface area contributed by atoms with Crippen LogP contribution in [0.5, 0.6) is 5.75 Å². The molecule has 0 heterocycles. The average Bonchev–Trinajstić information content (AvgIpc) is 2.66. The van der Waals surface area contributed by atoms with E-state index in [9.17, 15) is 22.0 Å². The van der Waals surface area contributed by atoms with Gasteiger partial charge in [0, 0.05) is 25.3 Å². The van der Waals surface area contributed by atoms with E-state index in [1.165, 1.54) is 47.8 Å². The molecule has 0 aromatic heterocycles. The summed E-state index contributed by atoms with van der Waals surface area (Å²) in [7, 11) is -2.09. The molecular formula is C19H23F2N3O4S. The first-order valence-corrected chi connectivity index (χ1v) is 10.2. The van der Waals surface area contributed by atoms with Gasteiger partial charge in [0.15, 0.2) is 0 Å². The number of halogens is 2. The lowest BCUT2D eigenvalue weighted by Crippen LogP contribution is -2.33. The summed E-state index contributed by atoms with van der Waals surface area (Å²) in [4.78, 5) is 12.1. The number of ether oxygens (including phenoxy) is 1. The first kappa shape index (κ1) is 22.6. The molecule has 0 aliphatic heterocycles. The maximum Gasteiger partial charge on any atom is 0.387 e. The van der Waals surface area contributed by atoms with Gasteiger partial charge >= 0.3 is 12.6 Å². The zero-order chi connectivity index (χ0) is 21.6. The minimum Gasteiger partial charge on any atom is -0.435 e. The number of anilines is 1. The maximum absolute atomic E-state index is 12.4. The molecule has 2 rings (SSSR count). The van der Waals surface area contributed by atoms with Crippen LogP contribution in [0.2, 0.25) is 0 Å². The summed E-state index contributed by atoms with van der Waals surface area (Å²) in [6.45, 7) is 0.831. The smallest absolute Gasteiger partial charge is 0.387 e. The van der Waals surface area contributed by atoms with E-state index in [2.05, 4.69) is 15.4 Å². The number of sulfonamides is 1. The standard InChI is InChI=1S/C19H23F2N3O4S/c1-13(2)24(3)29(26,27)17-10-6-15(7-11-17)23-19(25)22-12-14-4-8-16(9-5-14)28-18(20)21/h4-11,13,18H,12H2,1-3H3,(H2,22,23,25). The largest absolute Gasteiger partial charge is 0.435 e. The van der Waals surface area contributed by atoms with Crippen molar-refractivity contribution < 1.29 is 26.7 Å². The minimum absolute atomic E-state index is 0.0337. The molecule has 0 aliphatic carbocycles. The molecule has 2 amide bonds. The molecule has 0 fully saturated rings. The number of alkyl halides is 2. The van der Waals surface area contributed by atoms with Crippen LogP contribution in [0, 0.1) is 0 Å². The van der Waals surface area contributed by atoms with E-state index in [0.717, 1.165) is 0 Å². The van der Waals surface area contributed by atoms with Gasteiger partial charge in [-0.2, -0.15) is 13.1 Å². The number of amides is 2. The van der Waals surface area contributed by atoms with Crippen molar-refractivity contribution in [2.45, 2.75) is 37.9 Å². The molecule has 10 heteroatoms. The van der Waals surface area contributed by atoms with Crippen LogP contribution in [0.4, 0.5) is 19.3 Å². The molecular weight excluding hydrogens is 404 g/mol. The Bertz CT molecular complexity index is 917. The van der Waals surface area contributed by atoms with Crippen LogP contribution in [0.25, 0.3) is 0 Å². The zero-order valence-electron chi connectivity index (χ0n) is 16.2. The first-order valence-electron chi connectivity index (χ1n) is 8.76. The Morgan fingerprint density at radius 2 is 1.66 bits per heavy atom. The normalized spacial score (nSPS) is 11.7. The number of carbonyl (C=O) groups is 1. The molecule has 2 N–H and O–H groups in total. The molecule has 0 saturated carbocycles. The van der Waals surface area contributed by atoms with Crippen molar-refractivity contribution in [3.63, 3.8) is 0 Å². The van der Waals surface area contributed by atoms with Gasteiger partial charge in [0.25, 0.3) is 0 Å². The van der Waals surface area contributed by atoms with Crippen LogP contribution in [0.3, 0.4) is 0 Å². The minimum atomic E-state index is -3.59. The van der Waals surface area contributed by atoms with E-state index in [4.69, 9.17) is 0 Å². The molecule has 0 radical (unpaired) electrons. The summed E-state index contributed by atoms with van der Waals surface area (Å²) in [6, 6.07) is 11.0. The lowest BCUT2D eigenvalue weighted by Gasteiger charge is -2.21. The number of carbonyl (C=O) groups excluding carboxylic acids is 1. The number of hydrogen-bond donors (Lipinski definition) is 2. The van der Waals surface area contributed by atoms with E-state index in [-0.39, 0.29) is 23.2 Å². The number of rotatable bonds is 8. The van der Waals surface area contributed by atoms with E-state index < -0.39 is 22.7 Å². The van der Waals surface area contributed by atoms with Crippen molar-refractivity contribution in [2.24, 2.45) is 0 Å². The van der Waals surface area contributed by atoms with Crippen molar-refractivity contribution in [1.29, 1.82) is 0 Å². The molecule has 0 bridgehead atoms. The zero-order valence-corrected chi connectivity index (χ0v) is 17.0. The summed E-state index contributed by atoms with van der Waals surface area (Å²) in [5, 5.41) is 5.22. The fourth-order valence-corrected chi connectivity index (χ4v) is 3.67. The van der Waals surface area contributed by atoms with Crippen LogP contribution in [-0.4, -0.2) is 38.5 Å². The molecule has 158 valence electrons. The van der Waals surface area contributed by atoms with Crippen molar-refractivity contribution in [3.8, 4) is 5.75 Å². The monoisotopic (exact) mass is 427 g/mol. The van der Waals surface area contributed by atoms with Crippen molar-refractivity contribution >= 4 is 21.7 Å². The topological polar surface area (TPSA) is 87.7 Å². The number of urea groups is 1. The molecule has 2 aromatic carbocycles. The third-order valence-electron chi connectivity index (χ3n) is 4.12. The lowest BCUT2D eigenvalue weighted by atomic mass is 10.2. The van der Waals surface area contributed by atoms with Crippen LogP contribution in [-0.2, 0) is 16.6 Å². The third kappa shape index (κ3) is 6.40. The summed E-state index contributed by atoms with van der Waals surface area (Å²) in [5.74, 6) is 0.0337. The van der Waals surface area contributed by atoms with Gasteiger partial charge in [0.1, 0.15) is 5.75 Å². The summed E-state index contributed by atoms with van der Waals surface area (Å²) >= 11 is 0. The third-order valence-corrected chi connectivity index (χ3v) is 6.17. The Balaban J connectivity index is 1.91. The highest BCUT2D eigenvalue weighted by Crippen LogP contribution is 2.19. The van der Waals surface area contributed by atoms with Crippen molar-refractivity contribution in [1.82, 2.24) is 9.62 Å². The highest BCUT2D eigenvalue weighted by Gasteiger charge is 2.22. The van der Waals surface area contributed by atoms with E-state index in [1.54, 1.807) is 26.0 Å². The second-order valence-electron chi connectivity index (χ2n) is 6.47. The molecule has 0 spiro atoms. The molecule has 7 nitrogen and oxygen atoms in total. The van der Waals surface area contributed by atoms with E-state index >= 15 is 0 Å². The van der Waals surface area contributed by atoms with Crippen LogP contribution >= 0.6 is 0 Å². The average molecular weight is 427 g/mol. The molecule has 0 unspecified atom stereocenters. The van der Waals surface area contributed by atoms with Gasteiger partial charge in [0.05, 0.1) is 4.90 Å². The Labute approximate surface area is 168 Å². The highest BCUT2D eigenvalue weighted by atomic mass is 32.2. The van der Waals surface area contributed by atoms with Crippen molar-refractivity contribution in [3.05, 3.63) is 54.1 Å². The Morgan fingerprint density at radius 1 is 1.07 bits per heavy atom. The Morgan fingerprint density at radius 3 is 2.17 bits per heavy atom. The van der Waals surface area contributed by atoms with Gasteiger partial charge in [-0.05, 0) is 55.8 Å². The number of hydrogen-bond acceptors (Lipinski definition) is 4. The lowest BCUT2D eigenvalue weighted by molar-refractivity contribution is -0.0498. The van der Waals surface area contributed by atoms with Crippen LogP contribution in [0.1, 0.15) is 19.4 Å². The van der Waals surface area contributed by atoms with Gasteiger partial charge in [-0.1, -0.05) is 12.1 Å².